The Morgan fingerprint density at radius 3 is 2.48 bits per heavy atom. The summed E-state index contributed by atoms with van der Waals surface area (Å²) in [7, 11) is 0. The summed E-state index contributed by atoms with van der Waals surface area (Å²) in [5, 5.41) is 0. The van der Waals surface area contributed by atoms with E-state index >= 15 is 0 Å². The van der Waals surface area contributed by atoms with Crippen LogP contribution in [0.25, 0.3) is 0 Å². The van der Waals surface area contributed by atoms with Crippen LogP contribution in [-0.2, 0) is 0 Å². The molecule has 0 aromatic carbocycles. The summed E-state index contributed by atoms with van der Waals surface area (Å²) in [5.74, 6) is 1.67. The molecule has 0 nitrogen and oxygen atoms in total. The van der Waals surface area contributed by atoms with E-state index < -0.39 is 0 Å². The van der Waals surface area contributed by atoms with Gasteiger partial charge in [0.1, 0.15) is 0 Å². The molecule has 3 fully saturated rings. The molecular formula is C24H35Cl. The summed E-state index contributed by atoms with van der Waals surface area (Å²) < 4.78 is 0. The van der Waals surface area contributed by atoms with Crippen molar-refractivity contribution in [3.05, 3.63) is 48.6 Å². The van der Waals surface area contributed by atoms with Crippen LogP contribution in [0.1, 0.15) is 71.6 Å². The first-order valence-electron chi connectivity index (χ1n) is 10.1. The molecule has 0 amide bonds. The third-order valence-electron chi connectivity index (χ3n) is 7.72. The maximum absolute atomic E-state index is 7.25. The Morgan fingerprint density at radius 1 is 1.08 bits per heavy atom. The number of alkyl halides is 1. The van der Waals surface area contributed by atoms with Crippen LogP contribution in [0.3, 0.4) is 0 Å². The molecule has 0 aromatic rings. The maximum atomic E-state index is 7.25. The lowest BCUT2D eigenvalue weighted by Crippen LogP contribution is -2.40. The average molecular weight is 359 g/mol. The highest BCUT2D eigenvalue weighted by atomic mass is 35.5. The van der Waals surface area contributed by atoms with Gasteiger partial charge in [-0.15, -0.1) is 11.6 Å². The Labute approximate surface area is 160 Å². The van der Waals surface area contributed by atoms with Crippen LogP contribution < -0.4 is 0 Å². The van der Waals surface area contributed by atoms with Crippen molar-refractivity contribution >= 4 is 11.6 Å². The second kappa shape index (κ2) is 6.76. The second-order valence-electron chi connectivity index (χ2n) is 9.23. The van der Waals surface area contributed by atoms with E-state index in [0.29, 0.717) is 17.8 Å². The summed E-state index contributed by atoms with van der Waals surface area (Å²) in [6.07, 6.45) is 10.1. The van der Waals surface area contributed by atoms with Gasteiger partial charge in [-0.1, -0.05) is 62.0 Å². The molecule has 0 spiro atoms. The summed E-state index contributed by atoms with van der Waals surface area (Å²) in [5.41, 5.74) is 5.57. The summed E-state index contributed by atoms with van der Waals surface area (Å²) in [6.45, 7) is 22.3. The fourth-order valence-corrected chi connectivity index (χ4v) is 6.79. The molecule has 1 heteroatoms. The van der Waals surface area contributed by atoms with Crippen molar-refractivity contribution in [2.24, 2.45) is 23.2 Å². The van der Waals surface area contributed by atoms with Crippen molar-refractivity contribution in [2.75, 3.05) is 0 Å². The van der Waals surface area contributed by atoms with Gasteiger partial charge < -0.3 is 0 Å². The number of hydrogen-bond acceptors (Lipinski definition) is 0. The maximum Gasteiger partial charge on any atom is 0.0517 e. The van der Waals surface area contributed by atoms with Gasteiger partial charge >= 0.3 is 0 Å². The highest BCUT2D eigenvalue weighted by molar-refractivity contribution is 6.24. The zero-order chi connectivity index (χ0) is 18.4. The molecule has 3 aliphatic carbocycles. The third-order valence-corrected chi connectivity index (χ3v) is 8.36. The first kappa shape index (κ1) is 19.0. The van der Waals surface area contributed by atoms with Crippen molar-refractivity contribution in [1.29, 1.82) is 0 Å². The van der Waals surface area contributed by atoms with Gasteiger partial charge in [-0.3, -0.25) is 0 Å². The number of hydrogen-bond donors (Lipinski definition) is 0. The lowest BCUT2D eigenvalue weighted by Gasteiger charge is -2.47. The van der Waals surface area contributed by atoms with E-state index in [9.17, 15) is 0 Å². The van der Waals surface area contributed by atoms with Crippen molar-refractivity contribution in [1.82, 2.24) is 0 Å². The molecule has 0 aromatic heterocycles. The Hall–Kier alpha value is -0.750. The molecule has 0 radical (unpaired) electrons. The topological polar surface area (TPSA) is 0 Å². The second-order valence-corrected chi connectivity index (χ2v) is 9.99. The van der Waals surface area contributed by atoms with E-state index in [1.165, 1.54) is 35.1 Å². The standard InChI is InChI=1S/C24H35Cl/c1-16(2)24-12-7-11-23(25)13-10-17(3)14-22(23)19(5)15-18(4)21(24)9-8-20(24)6/h18,21-22H,1,3,5-15H2,2,4H3. The molecule has 3 aliphatic rings. The zero-order valence-corrected chi connectivity index (χ0v) is 17.1. The third kappa shape index (κ3) is 3.09. The minimum Gasteiger partial charge on any atom is -0.119 e. The normalized spacial score (nSPS) is 42.7. The molecule has 138 valence electrons. The summed E-state index contributed by atoms with van der Waals surface area (Å²) in [4.78, 5) is -0.124. The number of fused-ring (bicyclic) bond motifs is 2. The molecule has 0 N–H and O–H groups in total. The lowest BCUT2D eigenvalue weighted by atomic mass is 9.60. The quantitative estimate of drug-likeness (QED) is 0.334. The smallest absolute Gasteiger partial charge is 0.0517 e. The van der Waals surface area contributed by atoms with E-state index in [1.807, 2.05) is 0 Å². The molecule has 5 atom stereocenters. The molecule has 3 rings (SSSR count). The fourth-order valence-electron chi connectivity index (χ4n) is 6.33. The first-order chi connectivity index (χ1) is 11.7. The fraction of sp³-hybridized carbons (Fsp3) is 0.667. The lowest BCUT2D eigenvalue weighted by molar-refractivity contribution is 0.174. The van der Waals surface area contributed by atoms with E-state index in [4.69, 9.17) is 11.6 Å². The molecule has 25 heavy (non-hydrogen) atoms. The first-order valence-corrected chi connectivity index (χ1v) is 10.5. The molecule has 0 aliphatic heterocycles. The van der Waals surface area contributed by atoms with Crippen molar-refractivity contribution in [3.63, 3.8) is 0 Å². The average Bonchev–Trinajstić information content (AvgIpc) is 2.87. The number of allylic oxidation sites excluding steroid dienone is 4. The van der Waals surface area contributed by atoms with E-state index in [2.05, 4.69) is 40.2 Å². The highest BCUT2D eigenvalue weighted by Gasteiger charge is 2.50. The predicted molar refractivity (Wildman–Crippen MR) is 111 cm³/mol. The van der Waals surface area contributed by atoms with E-state index in [-0.39, 0.29) is 10.3 Å². The Kier molecular flexibility index (Phi) is 5.15. The zero-order valence-electron chi connectivity index (χ0n) is 16.3. The van der Waals surface area contributed by atoms with Crippen molar-refractivity contribution in [3.8, 4) is 0 Å². The molecule has 0 saturated heterocycles. The van der Waals surface area contributed by atoms with Crippen LogP contribution >= 0.6 is 11.6 Å². The van der Waals surface area contributed by atoms with Gasteiger partial charge in [0.25, 0.3) is 0 Å². The molecule has 0 bridgehead atoms. The van der Waals surface area contributed by atoms with Crippen molar-refractivity contribution < 1.29 is 0 Å². The minimum absolute atomic E-state index is 0.123. The van der Waals surface area contributed by atoms with Gasteiger partial charge in [0.2, 0.25) is 0 Å². The van der Waals surface area contributed by atoms with Gasteiger partial charge in [-0.2, -0.15) is 0 Å². The van der Waals surface area contributed by atoms with Crippen LogP contribution in [0.2, 0.25) is 0 Å². The molecule has 3 saturated carbocycles. The van der Waals surface area contributed by atoms with Crippen LogP contribution in [0, 0.1) is 23.2 Å². The highest BCUT2D eigenvalue weighted by Crippen LogP contribution is 2.60. The van der Waals surface area contributed by atoms with Crippen LogP contribution in [0.15, 0.2) is 48.6 Å². The number of rotatable bonds is 1. The number of halogens is 1. The van der Waals surface area contributed by atoms with Gasteiger partial charge in [0, 0.05) is 11.3 Å². The van der Waals surface area contributed by atoms with Gasteiger partial charge in [-0.05, 0) is 70.1 Å². The van der Waals surface area contributed by atoms with Gasteiger partial charge in [0.15, 0.2) is 0 Å². The Bertz CT molecular complexity index is 612. The minimum atomic E-state index is -0.124. The van der Waals surface area contributed by atoms with E-state index in [0.717, 1.165) is 44.9 Å². The SMILES string of the molecule is C=C1CCC2(Cl)CCCC3(C(=C)C)C(=C)CCC3C(C)CC(=C)C2C1. The molecule has 5 unspecified atom stereocenters. The van der Waals surface area contributed by atoms with Crippen LogP contribution in [0.4, 0.5) is 0 Å². The molecule has 0 heterocycles. The van der Waals surface area contributed by atoms with Gasteiger partial charge in [0.05, 0.1) is 4.87 Å². The predicted octanol–water partition coefficient (Wildman–Crippen LogP) is 7.62. The Balaban J connectivity index is 1.96. The van der Waals surface area contributed by atoms with Crippen molar-refractivity contribution in [2.45, 2.75) is 76.5 Å². The monoisotopic (exact) mass is 358 g/mol. The largest absolute Gasteiger partial charge is 0.119 e. The summed E-state index contributed by atoms with van der Waals surface area (Å²) >= 11 is 7.25. The van der Waals surface area contributed by atoms with Crippen LogP contribution in [0.5, 0.6) is 0 Å². The van der Waals surface area contributed by atoms with Gasteiger partial charge in [-0.25, -0.2) is 0 Å². The van der Waals surface area contributed by atoms with E-state index in [1.54, 1.807) is 0 Å². The van der Waals surface area contributed by atoms with Crippen LogP contribution in [-0.4, -0.2) is 4.87 Å². The Morgan fingerprint density at radius 2 is 1.80 bits per heavy atom. The summed E-state index contributed by atoms with van der Waals surface area (Å²) in [6, 6.07) is 0. The molecular weight excluding hydrogens is 324 g/mol.